The van der Waals surface area contributed by atoms with E-state index in [9.17, 15) is 0 Å². The van der Waals surface area contributed by atoms with Crippen LogP contribution in [-0.2, 0) is 7.05 Å². The monoisotopic (exact) mass is 384 g/mol. The van der Waals surface area contributed by atoms with Crippen LogP contribution in [0.15, 0.2) is 30.7 Å². The molecule has 1 saturated heterocycles. The van der Waals surface area contributed by atoms with Gasteiger partial charge in [0.25, 0.3) is 5.82 Å². The number of rotatable bonds is 5. The van der Waals surface area contributed by atoms with Crippen molar-refractivity contribution in [2.24, 2.45) is 12.8 Å². The number of methoxy groups -OCH3 is 2. The van der Waals surface area contributed by atoms with E-state index < -0.39 is 0 Å². The Hall–Kier alpha value is -3.07. The van der Waals surface area contributed by atoms with Crippen LogP contribution in [0.2, 0.25) is 0 Å². The van der Waals surface area contributed by atoms with E-state index in [-0.39, 0.29) is 6.04 Å². The second-order valence-corrected chi connectivity index (χ2v) is 6.97. The van der Waals surface area contributed by atoms with Crippen molar-refractivity contribution in [3.8, 4) is 11.6 Å². The second-order valence-electron chi connectivity index (χ2n) is 6.97. The number of nitrogens with one attached hydrogen (secondary N) is 1. The van der Waals surface area contributed by atoms with Gasteiger partial charge in [0.15, 0.2) is 5.69 Å². The molecule has 4 rings (SSSR count). The maximum atomic E-state index is 6.17. The molecule has 0 aromatic carbocycles. The van der Waals surface area contributed by atoms with Gasteiger partial charge in [-0.05, 0) is 18.9 Å². The quantitative estimate of drug-likeness (QED) is 0.639. The third kappa shape index (κ3) is 3.29. The minimum absolute atomic E-state index is 0.195. The molecule has 0 aliphatic carbocycles. The molecule has 0 amide bonds. The second kappa shape index (κ2) is 7.51. The van der Waals surface area contributed by atoms with Gasteiger partial charge >= 0.3 is 5.88 Å². The van der Waals surface area contributed by atoms with E-state index in [0.29, 0.717) is 11.6 Å². The van der Waals surface area contributed by atoms with E-state index in [2.05, 4.69) is 26.4 Å². The fourth-order valence-electron chi connectivity index (χ4n) is 3.69. The standard InChI is InChI=1S/C19H25N7O2/c1-24-17(7-6-16(27-2)19(24)28-3)23-15-9-14(11-26-18(15)21-12-22-26)25-8-4-5-13(20)10-25/h6-7,9,11-13H,4-5,8,10,20H2,1-3H3/p+1. The van der Waals surface area contributed by atoms with Gasteiger partial charge in [0.1, 0.15) is 6.33 Å². The minimum atomic E-state index is 0.195. The van der Waals surface area contributed by atoms with Crippen LogP contribution < -0.4 is 30.0 Å². The predicted molar refractivity (Wildman–Crippen MR) is 106 cm³/mol. The van der Waals surface area contributed by atoms with Crippen LogP contribution in [0.4, 0.5) is 17.2 Å². The first-order chi connectivity index (χ1) is 13.6. The van der Waals surface area contributed by atoms with Crippen molar-refractivity contribution in [3.05, 3.63) is 30.7 Å². The molecule has 0 bridgehead atoms. The lowest BCUT2D eigenvalue weighted by molar-refractivity contribution is -0.662. The van der Waals surface area contributed by atoms with Crippen molar-refractivity contribution in [1.82, 2.24) is 14.6 Å². The van der Waals surface area contributed by atoms with Gasteiger partial charge in [0, 0.05) is 31.3 Å². The first-order valence-corrected chi connectivity index (χ1v) is 9.32. The number of anilines is 3. The fourth-order valence-corrected chi connectivity index (χ4v) is 3.69. The summed E-state index contributed by atoms with van der Waals surface area (Å²) in [6.45, 7) is 1.82. The Morgan fingerprint density at radius 3 is 2.89 bits per heavy atom. The van der Waals surface area contributed by atoms with Crippen molar-refractivity contribution in [2.75, 3.05) is 37.5 Å². The van der Waals surface area contributed by atoms with Crippen molar-refractivity contribution in [1.29, 1.82) is 0 Å². The van der Waals surface area contributed by atoms with E-state index in [4.69, 9.17) is 15.2 Å². The van der Waals surface area contributed by atoms with Crippen molar-refractivity contribution >= 4 is 22.8 Å². The van der Waals surface area contributed by atoms with E-state index in [1.54, 1.807) is 25.1 Å². The largest absolute Gasteiger partial charge is 0.490 e. The third-order valence-electron chi connectivity index (χ3n) is 5.13. The summed E-state index contributed by atoms with van der Waals surface area (Å²) >= 11 is 0. The summed E-state index contributed by atoms with van der Waals surface area (Å²) in [5.74, 6) is 2.14. The average molecular weight is 384 g/mol. The zero-order valence-corrected chi connectivity index (χ0v) is 16.4. The molecule has 1 aliphatic heterocycles. The molecule has 0 radical (unpaired) electrons. The lowest BCUT2D eigenvalue weighted by atomic mass is 10.1. The maximum absolute atomic E-state index is 6.17. The number of hydrogen-bond acceptors (Lipinski definition) is 7. The molecule has 3 aromatic rings. The summed E-state index contributed by atoms with van der Waals surface area (Å²) in [5, 5.41) is 7.80. The summed E-state index contributed by atoms with van der Waals surface area (Å²) < 4.78 is 14.5. The Morgan fingerprint density at radius 1 is 1.29 bits per heavy atom. The highest BCUT2D eigenvalue weighted by Crippen LogP contribution is 2.29. The molecule has 9 nitrogen and oxygen atoms in total. The summed E-state index contributed by atoms with van der Waals surface area (Å²) in [7, 11) is 5.16. The number of ether oxygens (including phenoxy) is 2. The van der Waals surface area contributed by atoms with Gasteiger partial charge in [0.05, 0.1) is 33.2 Å². The number of aromatic nitrogens is 4. The Balaban J connectivity index is 1.73. The van der Waals surface area contributed by atoms with Crippen LogP contribution >= 0.6 is 0 Å². The van der Waals surface area contributed by atoms with E-state index in [1.165, 1.54) is 0 Å². The Bertz CT molecular complexity index is 988. The van der Waals surface area contributed by atoms with Crippen molar-refractivity contribution in [2.45, 2.75) is 18.9 Å². The lowest BCUT2D eigenvalue weighted by Crippen LogP contribution is -2.43. The van der Waals surface area contributed by atoms with Crippen LogP contribution in [0.5, 0.6) is 11.6 Å². The van der Waals surface area contributed by atoms with E-state index in [1.807, 2.05) is 29.9 Å². The summed E-state index contributed by atoms with van der Waals surface area (Å²) in [6.07, 6.45) is 5.71. The van der Waals surface area contributed by atoms with Gasteiger partial charge in [-0.15, -0.1) is 0 Å². The van der Waals surface area contributed by atoms with Gasteiger partial charge in [-0.2, -0.15) is 9.67 Å². The molecular formula is C19H26N7O2+. The molecule has 3 aromatic heterocycles. The van der Waals surface area contributed by atoms with Crippen LogP contribution in [-0.4, -0.2) is 47.9 Å². The van der Waals surface area contributed by atoms with Gasteiger partial charge in [-0.25, -0.2) is 14.8 Å². The highest BCUT2D eigenvalue weighted by Gasteiger charge is 2.22. The van der Waals surface area contributed by atoms with Gasteiger partial charge in [0.2, 0.25) is 11.4 Å². The Kier molecular flexibility index (Phi) is 4.91. The molecule has 1 aliphatic rings. The molecule has 4 heterocycles. The van der Waals surface area contributed by atoms with Crippen molar-refractivity contribution in [3.63, 3.8) is 0 Å². The molecule has 1 atom stereocenters. The highest BCUT2D eigenvalue weighted by molar-refractivity contribution is 5.75. The Morgan fingerprint density at radius 2 is 2.14 bits per heavy atom. The normalized spacial score (nSPS) is 17.0. The molecule has 1 unspecified atom stereocenters. The summed E-state index contributed by atoms with van der Waals surface area (Å²) in [4.78, 5) is 6.70. The van der Waals surface area contributed by atoms with E-state index in [0.717, 1.165) is 48.8 Å². The van der Waals surface area contributed by atoms with Crippen LogP contribution in [0.25, 0.3) is 5.65 Å². The highest BCUT2D eigenvalue weighted by atomic mass is 16.5. The zero-order chi connectivity index (χ0) is 19.7. The third-order valence-corrected chi connectivity index (χ3v) is 5.13. The molecule has 148 valence electrons. The fraction of sp³-hybridized carbons (Fsp3) is 0.421. The predicted octanol–water partition coefficient (Wildman–Crippen LogP) is 1.24. The van der Waals surface area contributed by atoms with Crippen LogP contribution in [0.1, 0.15) is 12.8 Å². The lowest BCUT2D eigenvalue weighted by Gasteiger charge is -2.32. The molecular weight excluding hydrogens is 358 g/mol. The topological polar surface area (TPSA) is 93.8 Å². The van der Waals surface area contributed by atoms with Crippen LogP contribution in [0.3, 0.4) is 0 Å². The van der Waals surface area contributed by atoms with Crippen LogP contribution in [0, 0.1) is 0 Å². The first kappa shape index (κ1) is 18.3. The number of nitrogens with two attached hydrogens (primary N) is 1. The molecule has 1 fully saturated rings. The average Bonchev–Trinajstić information content (AvgIpc) is 3.18. The van der Waals surface area contributed by atoms with Gasteiger partial charge < -0.3 is 20.1 Å². The Labute approximate surface area is 163 Å². The molecule has 0 spiro atoms. The van der Waals surface area contributed by atoms with Crippen molar-refractivity contribution < 1.29 is 14.0 Å². The van der Waals surface area contributed by atoms with Gasteiger partial charge in [-0.1, -0.05) is 0 Å². The molecule has 28 heavy (non-hydrogen) atoms. The zero-order valence-electron chi connectivity index (χ0n) is 16.4. The summed E-state index contributed by atoms with van der Waals surface area (Å²) in [5.41, 5.74) is 8.85. The summed E-state index contributed by atoms with van der Waals surface area (Å²) in [6, 6.07) is 6.10. The minimum Gasteiger partial charge on any atom is -0.490 e. The number of nitrogens with zero attached hydrogens (tertiary/aromatic N) is 5. The smallest absolute Gasteiger partial charge is 0.327 e. The van der Waals surface area contributed by atoms with E-state index >= 15 is 0 Å². The number of pyridine rings is 2. The maximum Gasteiger partial charge on any atom is 0.327 e. The molecule has 3 N–H and O–H groups in total. The number of hydrogen-bond donors (Lipinski definition) is 2. The number of fused-ring (bicyclic) bond motifs is 1. The molecule has 9 heteroatoms. The van der Waals surface area contributed by atoms with Gasteiger partial charge in [-0.3, -0.25) is 0 Å². The SMILES string of the molecule is COc1ccc(Nc2cc(N3CCCC(N)C3)cn3ncnc23)[n+](C)c1OC. The molecule has 0 saturated carbocycles. The first-order valence-electron chi connectivity index (χ1n) is 9.32. The number of piperidine rings is 1.